The molecule has 0 aliphatic carbocycles. The number of para-hydroxylation sites is 1. The Morgan fingerprint density at radius 2 is 1.80 bits per heavy atom. The van der Waals surface area contributed by atoms with Crippen molar-refractivity contribution in [2.45, 2.75) is 33.2 Å². The van der Waals surface area contributed by atoms with Crippen LogP contribution in [0.2, 0.25) is 5.02 Å². The topological polar surface area (TPSA) is 61.7 Å². The third-order valence-electron chi connectivity index (χ3n) is 6.52. The number of carbonyl (C=O) groups excluding carboxylic acids is 2. The molecular weight excluding hydrogens is 462 g/mol. The molecule has 0 radical (unpaired) electrons. The van der Waals surface area contributed by atoms with Crippen molar-refractivity contribution in [1.82, 2.24) is 19.4 Å². The van der Waals surface area contributed by atoms with Gasteiger partial charge in [0.05, 0.1) is 11.0 Å². The van der Waals surface area contributed by atoms with E-state index in [1.807, 2.05) is 51.7 Å². The number of hydrogen-bond donors (Lipinski definition) is 0. The van der Waals surface area contributed by atoms with E-state index < -0.39 is 0 Å². The van der Waals surface area contributed by atoms with Crippen LogP contribution in [-0.2, 0) is 18.4 Å². The summed E-state index contributed by atoms with van der Waals surface area (Å²) in [6.45, 7) is 7.34. The minimum absolute atomic E-state index is 0.124. The second-order valence-electron chi connectivity index (χ2n) is 9.78. The maximum Gasteiger partial charge on any atom is 0.290 e. The number of carbonyl (C=O) groups is 2. The van der Waals surface area contributed by atoms with Crippen LogP contribution in [0.25, 0.3) is 11.0 Å². The average Bonchev–Trinajstić information content (AvgIpc) is 3.12. The first-order valence-corrected chi connectivity index (χ1v) is 12.6. The number of aryl methyl sites for hydroxylation is 1. The van der Waals surface area contributed by atoms with Crippen molar-refractivity contribution in [3.8, 4) is 0 Å². The number of halogens is 1. The van der Waals surface area contributed by atoms with Crippen LogP contribution in [0.4, 0.5) is 5.69 Å². The van der Waals surface area contributed by atoms with E-state index >= 15 is 0 Å². The summed E-state index contributed by atoms with van der Waals surface area (Å²) in [6, 6.07) is 13.4. The monoisotopic (exact) mass is 495 g/mol. The van der Waals surface area contributed by atoms with Crippen LogP contribution in [-0.4, -0.2) is 64.4 Å². The van der Waals surface area contributed by atoms with Crippen LogP contribution < -0.4 is 4.90 Å². The lowest BCUT2D eigenvalue weighted by atomic mass is 10.1. The van der Waals surface area contributed by atoms with Gasteiger partial charge in [-0.1, -0.05) is 43.6 Å². The fraction of sp³-hybridized carbons (Fsp3) is 0.444. The average molecular weight is 496 g/mol. The molecule has 3 aromatic rings. The molecule has 8 heteroatoms. The zero-order valence-electron chi connectivity index (χ0n) is 21.0. The van der Waals surface area contributed by atoms with E-state index in [1.54, 1.807) is 12.1 Å². The van der Waals surface area contributed by atoms with Crippen LogP contribution in [0.15, 0.2) is 42.5 Å². The first kappa shape index (κ1) is 25.2. The lowest BCUT2D eigenvalue weighted by Crippen LogP contribution is -2.38. The van der Waals surface area contributed by atoms with Crippen molar-refractivity contribution in [2.75, 3.05) is 38.1 Å². The minimum atomic E-state index is -0.137. The van der Waals surface area contributed by atoms with E-state index in [0.29, 0.717) is 42.4 Å². The summed E-state index contributed by atoms with van der Waals surface area (Å²) in [5.41, 5.74) is 3.41. The van der Waals surface area contributed by atoms with Crippen molar-refractivity contribution < 1.29 is 9.59 Å². The van der Waals surface area contributed by atoms with Gasteiger partial charge in [-0.2, -0.15) is 0 Å². The Hall–Kier alpha value is -2.90. The van der Waals surface area contributed by atoms with E-state index in [0.717, 1.165) is 36.3 Å². The summed E-state index contributed by atoms with van der Waals surface area (Å²) in [5, 5.41) is 0.589. The maximum absolute atomic E-state index is 13.8. The Bertz CT molecular complexity index is 1220. The third-order valence-corrected chi connectivity index (χ3v) is 6.76. The number of aromatic nitrogens is 2. The zero-order chi connectivity index (χ0) is 25.1. The summed E-state index contributed by atoms with van der Waals surface area (Å²) < 4.78 is 1.83. The lowest BCUT2D eigenvalue weighted by Gasteiger charge is -2.28. The number of nitrogens with zero attached hydrogens (tertiary/aromatic N) is 5. The largest absolute Gasteiger partial charge is 0.330 e. The molecule has 0 unspecified atom stereocenters. The number of anilines is 1. The molecule has 35 heavy (non-hydrogen) atoms. The molecule has 0 spiro atoms. The molecule has 186 valence electrons. The summed E-state index contributed by atoms with van der Waals surface area (Å²) >= 11 is 6.16. The predicted molar refractivity (Wildman–Crippen MR) is 141 cm³/mol. The molecule has 0 atom stereocenters. The van der Waals surface area contributed by atoms with Crippen LogP contribution in [0.1, 0.15) is 42.9 Å². The van der Waals surface area contributed by atoms with Crippen molar-refractivity contribution in [2.24, 2.45) is 13.0 Å². The van der Waals surface area contributed by atoms with Crippen LogP contribution in [0.3, 0.4) is 0 Å². The summed E-state index contributed by atoms with van der Waals surface area (Å²) in [7, 11) is 3.92. The molecule has 1 aliphatic rings. The van der Waals surface area contributed by atoms with E-state index in [2.05, 4.69) is 30.8 Å². The normalized spacial score (nSPS) is 15.8. The van der Waals surface area contributed by atoms with Gasteiger partial charge in [0.25, 0.3) is 5.91 Å². The van der Waals surface area contributed by atoms with E-state index in [-0.39, 0.29) is 17.7 Å². The molecule has 0 fully saturated rings. The van der Waals surface area contributed by atoms with Gasteiger partial charge >= 0.3 is 0 Å². The number of imidazole rings is 1. The molecule has 1 aromatic heterocycles. The molecule has 0 saturated heterocycles. The Morgan fingerprint density at radius 1 is 1.03 bits per heavy atom. The molecule has 2 aromatic carbocycles. The highest BCUT2D eigenvalue weighted by molar-refractivity contribution is 6.31. The lowest BCUT2D eigenvalue weighted by molar-refractivity contribution is -0.119. The smallest absolute Gasteiger partial charge is 0.290 e. The first-order chi connectivity index (χ1) is 16.7. The summed E-state index contributed by atoms with van der Waals surface area (Å²) in [5.74, 6) is 0.645. The molecule has 0 bridgehead atoms. The number of hydrogen-bond acceptors (Lipinski definition) is 4. The van der Waals surface area contributed by atoms with Gasteiger partial charge < -0.3 is 19.3 Å². The Kier molecular flexibility index (Phi) is 7.77. The van der Waals surface area contributed by atoms with Gasteiger partial charge in [0.15, 0.2) is 5.82 Å². The van der Waals surface area contributed by atoms with E-state index in [9.17, 15) is 9.59 Å². The van der Waals surface area contributed by atoms with Gasteiger partial charge in [-0.25, -0.2) is 4.98 Å². The third kappa shape index (κ3) is 5.68. The highest BCUT2D eigenvalue weighted by Gasteiger charge is 2.26. The number of fused-ring (bicyclic) bond motifs is 2. The molecule has 4 rings (SSSR count). The second kappa shape index (κ2) is 10.8. The van der Waals surface area contributed by atoms with Gasteiger partial charge in [0.2, 0.25) is 5.91 Å². The van der Waals surface area contributed by atoms with Crippen LogP contribution in [0.5, 0.6) is 0 Å². The molecule has 7 nitrogen and oxygen atoms in total. The second-order valence-corrected chi connectivity index (χ2v) is 10.2. The predicted octanol–water partition coefficient (Wildman–Crippen LogP) is 4.58. The Balaban J connectivity index is 1.72. The SMILES string of the molecule is CC(C)CC(=O)N1CCCN(C)CCN(C(=O)c2nc3cc(Cl)ccc3n2C)Cc2ccccc21. The molecule has 1 aliphatic heterocycles. The van der Waals surface area contributed by atoms with Crippen molar-refractivity contribution in [1.29, 1.82) is 0 Å². The number of likely N-dealkylation sites (N-methyl/N-ethyl adjacent to an activating group) is 1. The van der Waals surface area contributed by atoms with Gasteiger partial charge in [-0.05, 0) is 55.8 Å². The highest BCUT2D eigenvalue weighted by atomic mass is 35.5. The molecule has 0 saturated carbocycles. The molecule has 2 amide bonds. The first-order valence-electron chi connectivity index (χ1n) is 12.2. The fourth-order valence-electron chi connectivity index (χ4n) is 4.61. The molecular formula is C27H34ClN5O2. The zero-order valence-corrected chi connectivity index (χ0v) is 21.8. The fourth-order valence-corrected chi connectivity index (χ4v) is 4.78. The van der Waals surface area contributed by atoms with Crippen molar-refractivity contribution >= 4 is 40.1 Å². The standard InChI is InChI=1S/C27H34ClN5O2/c1-19(2)16-25(34)33-13-7-12-30(3)14-15-32(18-20-8-5-6-9-23(20)33)27(35)26-29-22-17-21(28)10-11-24(22)31(26)4/h5-6,8-11,17,19H,7,12-16,18H2,1-4H3. The molecule has 0 N–H and O–H groups in total. The van der Waals surface area contributed by atoms with Gasteiger partial charge in [-0.15, -0.1) is 0 Å². The van der Waals surface area contributed by atoms with E-state index in [4.69, 9.17) is 11.6 Å². The van der Waals surface area contributed by atoms with Gasteiger partial charge in [-0.3, -0.25) is 9.59 Å². The van der Waals surface area contributed by atoms with Crippen LogP contribution >= 0.6 is 11.6 Å². The van der Waals surface area contributed by atoms with Gasteiger partial charge in [0.1, 0.15) is 0 Å². The van der Waals surface area contributed by atoms with E-state index in [1.165, 1.54) is 0 Å². The minimum Gasteiger partial charge on any atom is -0.330 e. The van der Waals surface area contributed by atoms with Crippen LogP contribution in [0, 0.1) is 5.92 Å². The number of benzene rings is 2. The van der Waals surface area contributed by atoms with Gasteiger partial charge in [0, 0.05) is 50.4 Å². The maximum atomic E-state index is 13.8. The highest BCUT2D eigenvalue weighted by Crippen LogP contribution is 2.26. The van der Waals surface area contributed by atoms with Crippen molar-refractivity contribution in [3.63, 3.8) is 0 Å². The van der Waals surface area contributed by atoms with Crippen molar-refractivity contribution in [3.05, 3.63) is 58.9 Å². The Morgan fingerprint density at radius 3 is 2.57 bits per heavy atom. The molecule has 2 heterocycles. The quantitative estimate of drug-likeness (QED) is 0.533. The number of amides is 2. The summed E-state index contributed by atoms with van der Waals surface area (Å²) in [6.07, 6.45) is 1.36. The summed E-state index contributed by atoms with van der Waals surface area (Å²) in [4.78, 5) is 37.6. The Labute approximate surface area is 212 Å². The number of rotatable bonds is 3.